The van der Waals surface area contributed by atoms with Crippen LogP contribution >= 0.6 is 0 Å². The molecule has 0 aromatic heterocycles. The van der Waals surface area contributed by atoms with Crippen LogP contribution in [0.1, 0.15) is 69.8 Å². The Morgan fingerprint density at radius 3 is 2.40 bits per heavy atom. The number of likely N-dealkylation sites (tertiary alicyclic amines) is 1. The van der Waals surface area contributed by atoms with Crippen LogP contribution in [0.5, 0.6) is 0 Å². The van der Waals surface area contributed by atoms with Crippen molar-refractivity contribution in [1.29, 1.82) is 0 Å². The van der Waals surface area contributed by atoms with Crippen molar-refractivity contribution in [2.75, 3.05) is 6.54 Å². The number of amides is 5. The molecule has 40 heavy (non-hydrogen) atoms. The summed E-state index contributed by atoms with van der Waals surface area (Å²) in [5.41, 5.74) is 0.697. The minimum absolute atomic E-state index is 0.0266. The maximum Gasteiger partial charge on any atom is 0.408 e. The van der Waals surface area contributed by atoms with Crippen LogP contribution in [0.15, 0.2) is 30.3 Å². The van der Waals surface area contributed by atoms with Crippen molar-refractivity contribution in [3.63, 3.8) is 0 Å². The Balaban J connectivity index is 1.57. The first-order valence-electron chi connectivity index (χ1n) is 14.2. The van der Waals surface area contributed by atoms with Gasteiger partial charge in [-0.2, -0.15) is 0 Å². The molecule has 5 amide bonds. The quantitative estimate of drug-likeness (QED) is 0.280. The van der Waals surface area contributed by atoms with E-state index in [4.69, 9.17) is 0 Å². The Morgan fingerprint density at radius 1 is 1.05 bits per heavy atom. The lowest BCUT2D eigenvalue weighted by Crippen LogP contribution is -2.62. The molecule has 4 atom stereocenters. The molecule has 3 fully saturated rings. The van der Waals surface area contributed by atoms with E-state index in [9.17, 15) is 33.9 Å². The summed E-state index contributed by atoms with van der Waals surface area (Å²) in [6.45, 7) is 0.472. The molecule has 1 aliphatic carbocycles. The minimum atomic E-state index is -1.29. The van der Waals surface area contributed by atoms with Gasteiger partial charge in [0.05, 0.1) is 6.04 Å². The van der Waals surface area contributed by atoms with Gasteiger partial charge in [-0.05, 0) is 37.2 Å². The van der Waals surface area contributed by atoms with Gasteiger partial charge < -0.3 is 20.5 Å². The molecule has 3 aliphatic rings. The zero-order valence-corrected chi connectivity index (χ0v) is 22.6. The molecule has 1 saturated carbocycles. The van der Waals surface area contributed by atoms with Gasteiger partial charge in [-0.1, -0.05) is 62.4 Å². The van der Waals surface area contributed by atoms with E-state index in [1.54, 1.807) is 30.3 Å². The normalized spacial score (nSPS) is 23.3. The van der Waals surface area contributed by atoms with E-state index in [0.717, 1.165) is 41.9 Å². The average molecular weight is 555 g/mol. The molecule has 11 nitrogen and oxygen atoms in total. The van der Waals surface area contributed by atoms with E-state index >= 15 is 0 Å². The summed E-state index contributed by atoms with van der Waals surface area (Å²) in [5, 5.41) is 15.4. The number of rotatable bonds is 11. The maximum atomic E-state index is 13.8. The Bertz CT molecular complexity index is 1100. The van der Waals surface area contributed by atoms with Gasteiger partial charge in [0.1, 0.15) is 18.4 Å². The van der Waals surface area contributed by atoms with Crippen molar-refractivity contribution in [1.82, 2.24) is 20.4 Å². The summed E-state index contributed by atoms with van der Waals surface area (Å²) in [5.74, 6) is -2.34. The summed E-state index contributed by atoms with van der Waals surface area (Å²) < 4.78 is 0. The van der Waals surface area contributed by atoms with E-state index in [-0.39, 0.29) is 44.1 Å². The highest BCUT2D eigenvalue weighted by atomic mass is 16.4. The van der Waals surface area contributed by atoms with Gasteiger partial charge in [-0.25, -0.2) is 4.79 Å². The topological polar surface area (TPSA) is 153 Å². The summed E-state index contributed by atoms with van der Waals surface area (Å²) in [6, 6.07) is 5.63. The van der Waals surface area contributed by atoms with Crippen LogP contribution in [-0.4, -0.2) is 75.6 Å². The van der Waals surface area contributed by atoms with Crippen LogP contribution in [0, 0.1) is 11.8 Å². The minimum Gasteiger partial charge on any atom is -0.465 e. The standard InChI is InChI=1S/C29H38N4O7/c34-18-22(16-21-13-14-30-26(21)36)31-27(37)24(15-19-7-3-1-4-8-19)33-25(35)12-11-23(28(33)38)32(29(39)40)17-20-9-5-2-6-10-20/h2,5-6,9-10,18-19,21-24H,1,3-4,7-8,11-17H2,(H,30,36)(H,31,37)(H,39,40). The number of nitrogens with zero attached hydrogens (tertiary/aromatic N) is 2. The van der Waals surface area contributed by atoms with Crippen LogP contribution in [-0.2, 0) is 30.5 Å². The third-order valence-corrected chi connectivity index (χ3v) is 8.33. The molecular formula is C29H38N4O7. The molecule has 4 rings (SSSR count). The molecule has 11 heteroatoms. The lowest BCUT2D eigenvalue weighted by Gasteiger charge is -2.40. The predicted octanol–water partition coefficient (Wildman–Crippen LogP) is 2.23. The third kappa shape index (κ3) is 7.05. The number of nitrogens with one attached hydrogen (secondary N) is 2. The van der Waals surface area contributed by atoms with Gasteiger partial charge >= 0.3 is 6.09 Å². The fourth-order valence-corrected chi connectivity index (χ4v) is 6.17. The largest absolute Gasteiger partial charge is 0.465 e. The molecule has 1 aromatic carbocycles. The highest BCUT2D eigenvalue weighted by Crippen LogP contribution is 2.31. The van der Waals surface area contributed by atoms with Gasteiger partial charge in [0.2, 0.25) is 17.7 Å². The van der Waals surface area contributed by atoms with Gasteiger partial charge in [0.15, 0.2) is 0 Å². The van der Waals surface area contributed by atoms with Crippen LogP contribution in [0.4, 0.5) is 4.79 Å². The molecule has 0 bridgehead atoms. The van der Waals surface area contributed by atoms with Crippen molar-refractivity contribution in [2.24, 2.45) is 11.8 Å². The first-order chi connectivity index (χ1) is 19.3. The lowest BCUT2D eigenvalue weighted by molar-refractivity contribution is -0.159. The fourth-order valence-electron chi connectivity index (χ4n) is 6.17. The number of piperidine rings is 1. The second-order valence-electron chi connectivity index (χ2n) is 11.1. The molecule has 3 N–H and O–H groups in total. The van der Waals surface area contributed by atoms with Gasteiger partial charge in [0.25, 0.3) is 5.91 Å². The third-order valence-electron chi connectivity index (χ3n) is 8.33. The molecule has 4 unspecified atom stereocenters. The molecule has 2 saturated heterocycles. The van der Waals surface area contributed by atoms with E-state index in [2.05, 4.69) is 10.6 Å². The second-order valence-corrected chi connectivity index (χ2v) is 11.1. The van der Waals surface area contributed by atoms with Crippen molar-refractivity contribution >= 4 is 36.0 Å². The van der Waals surface area contributed by atoms with Crippen molar-refractivity contribution in [2.45, 2.75) is 88.9 Å². The van der Waals surface area contributed by atoms with E-state index in [1.807, 2.05) is 0 Å². The van der Waals surface area contributed by atoms with E-state index < -0.39 is 47.9 Å². The second kappa shape index (κ2) is 13.5. The predicted molar refractivity (Wildman–Crippen MR) is 144 cm³/mol. The number of benzene rings is 1. The summed E-state index contributed by atoms with van der Waals surface area (Å²) in [7, 11) is 0. The Hall–Kier alpha value is -3.76. The first-order valence-corrected chi connectivity index (χ1v) is 14.2. The smallest absolute Gasteiger partial charge is 0.408 e. The zero-order chi connectivity index (χ0) is 28.6. The SMILES string of the molecule is O=CC(CC1CCNC1=O)NC(=O)C(CC1CCCCC1)N1C(=O)CCC(N(Cc2ccccc2)C(=O)O)C1=O. The van der Waals surface area contributed by atoms with Crippen molar-refractivity contribution in [3.8, 4) is 0 Å². The molecule has 0 radical (unpaired) electrons. The highest BCUT2D eigenvalue weighted by molar-refractivity contribution is 6.05. The summed E-state index contributed by atoms with van der Waals surface area (Å²) >= 11 is 0. The van der Waals surface area contributed by atoms with Crippen LogP contribution < -0.4 is 10.6 Å². The molecular weight excluding hydrogens is 516 g/mol. The maximum absolute atomic E-state index is 13.8. The number of carbonyl (C=O) groups excluding carboxylic acids is 5. The average Bonchev–Trinajstić information content (AvgIpc) is 3.36. The Labute approximate surface area is 233 Å². The number of hydrogen-bond donors (Lipinski definition) is 3. The van der Waals surface area contributed by atoms with Crippen LogP contribution in [0.25, 0.3) is 0 Å². The fraction of sp³-hybridized carbons (Fsp3) is 0.586. The monoisotopic (exact) mass is 554 g/mol. The number of carbonyl (C=O) groups is 6. The number of aldehydes is 1. The molecule has 216 valence electrons. The van der Waals surface area contributed by atoms with E-state index in [1.165, 1.54) is 0 Å². The number of hydrogen-bond acceptors (Lipinski definition) is 6. The van der Waals surface area contributed by atoms with Crippen molar-refractivity contribution in [3.05, 3.63) is 35.9 Å². The summed E-state index contributed by atoms with van der Waals surface area (Å²) in [6.07, 6.45) is 4.95. The molecule has 0 spiro atoms. The van der Waals surface area contributed by atoms with Crippen LogP contribution in [0.3, 0.4) is 0 Å². The molecule has 2 aliphatic heterocycles. The first kappa shape index (κ1) is 29.2. The summed E-state index contributed by atoms with van der Waals surface area (Å²) in [4.78, 5) is 78.9. The molecule has 2 heterocycles. The highest BCUT2D eigenvalue weighted by Gasteiger charge is 2.45. The van der Waals surface area contributed by atoms with Gasteiger partial charge in [-0.3, -0.25) is 29.0 Å². The van der Waals surface area contributed by atoms with Gasteiger partial charge in [0, 0.05) is 25.4 Å². The van der Waals surface area contributed by atoms with Crippen LogP contribution in [0.2, 0.25) is 0 Å². The lowest BCUT2D eigenvalue weighted by atomic mass is 9.83. The van der Waals surface area contributed by atoms with Crippen molar-refractivity contribution < 1.29 is 33.9 Å². The number of carboxylic acid groups (broad SMARTS) is 1. The Kier molecular flexibility index (Phi) is 9.89. The number of imide groups is 1. The molecule has 1 aromatic rings. The zero-order valence-electron chi connectivity index (χ0n) is 22.6. The van der Waals surface area contributed by atoms with Gasteiger partial charge in [-0.15, -0.1) is 0 Å². The van der Waals surface area contributed by atoms with E-state index in [0.29, 0.717) is 24.8 Å². The Morgan fingerprint density at radius 2 is 1.77 bits per heavy atom.